The van der Waals surface area contributed by atoms with Gasteiger partial charge >= 0.3 is 0 Å². The minimum Gasteiger partial charge on any atom is -0.508 e. The van der Waals surface area contributed by atoms with Crippen LogP contribution in [0.15, 0.2) is 30.4 Å². The van der Waals surface area contributed by atoms with Gasteiger partial charge in [0, 0.05) is 6.07 Å². The number of phenols is 2. The van der Waals surface area contributed by atoms with Crippen molar-refractivity contribution in [3.63, 3.8) is 0 Å². The topological polar surface area (TPSA) is 40.5 Å². The van der Waals surface area contributed by atoms with E-state index in [4.69, 9.17) is 0 Å². The molecule has 0 aliphatic rings. The lowest BCUT2D eigenvalue weighted by Gasteiger charge is -2.04. The normalized spacial score (nSPS) is 11.5. The van der Waals surface area contributed by atoms with Crippen LogP contribution in [-0.4, -0.2) is 10.2 Å². The van der Waals surface area contributed by atoms with E-state index >= 15 is 0 Å². The average molecular weight is 403 g/mol. The van der Waals surface area contributed by atoms with E-state index in [1.54, 1.807) is 12.1 Å². The first-order chi connectivity index (χ1) is 14.2. The van der Waals surface area contributed by atoms with E-state index in [0.29, 0.717) is 0 Å². The predicted octanol–water partition coefficient (Wildman–Crippen LogP) is 8.85. The molecule has 2 N–H and O–H groups in total. The third-order valence-electron chi connectivity index (χ3n) is 5.69. The van der Waals surface area contributed by atoms with Gasteiger partial charge in [0.25, 0.3) is 0 Å². The minimum absolute atomic E-state index is 0.157. The van der Waals surface area contributed by atoms with Crippen molar-refractivity contribution in [2.24, 2.45) is 0 Å². The molecule has 0 unspecified atom stereocenters. The van der Waals surface area contributed by atoms with Gasteiger partial charge in [-0.2, -0.15) is 0 Å². The summed E-state index contributed by atoms with van der Waals surface area (Å²) in [6.45, 7) is 2.28. The van der Waals surface area contributed by atoms with Crippen LogP contribution >= 0.6 is 0 Å². The molecule has 0 aliphatic heterocycles. The van der Waals surface area contributed by atoms with Crippen LogP contribution in [0.4, 0.5) is 0 Å². The molecule has 0 aliphatic carbocycles. The molecule has 0 fully saturated rings. The molecular weight excluding hydrogens is 356 g/mol. The molecule has 0 bridgehead atoms. The lowest BCUT2D eigenvalue weighted by molar-refractivity contribution is 0.449. The summed E-state index contributed by atoms with van der Waals surface area (Å²) in [5, 5.41) is 19.0. The van der Waals surface area contributed by atoms with Gasteiger partial charge in [0.05, 0.1) is 0 Å². The van der Waals surface area contributed by atoms with E-state index in [2.05, 4.69) is 19.1 Å². The first-order valence-electron chi connectivity index (χ1n) is 12.4. The number of hydrogen-bond acceptors (Lipinski definition) is 2. The smallest absolute Gasteiger partial charge is 0.119 e. The van der Waals surface area contributed by atoms with Gasteiger partial charge in [-0.05, 0) is 56.2 Å². The Morgan fingerprint density at radius 2 is 0.966 bits per heavy atom. The SMILES string of the molecule is CCCCCCCCCCCC/C=C\CCCCCCCc1cc(O)cc(O)c1. The zero-order chi connectivity index (χ0) is 21.0. The van der Waals surface area contributed by atoms with Gasteiger partial charge in [-0.25, -0.2) is 0 Å². The van der Waals surface area contributed by atoms with Crippen molar-refractivity contribution < 1.29 is 10.2 Å². The maximum absolute atomic E-state index is 9.49. The fourth-order valence-electron chi connectivity index (χ4n) is 3.91. The van der Waals surface area contributed by atoms with E-state index in [9.17, 15) is 10.2 Å². The molecule has 1 aromatic rings. The van der Waals surface area contributed by atoms with Gasteiger partial charge in [-0.3, -0.25) is 0 Å². The largest absolute Gasteiger partial charge is 0.508 e. The quantitative estimate of drug-likeness (QED) is 0.179. The number of benzene rings is 1. The van der Waals surface area contributed by atoms with Crippen LogP contribution in [0.25, 0.3) is 0 Å². The first-order valence-corrected chi connectivity index (χ1v) is 12.4. The third-order valence-corrected chi connectivity index (χ3v) is 5.69. The highest BCUT2D eigenvalue weighted by molar-refractivity contribution is 5.36. The fourth-order valence-corrected chi connectivity index (χ4v) is 3.91. The van der Waals surface area contributed by atoms with Crippen molar-refractivity contribution >= 4 is 0 Å². The molecule has 29 heavy (non-hydrogen) atoms. The molecule has 1 aromatic carbocycles. The van der Waals surface area contributed by atoms with Crippen LogP contribution in [0.3, 0.4) is 0 Å². The summed E-state index contributed by atoms with van der Waals surface area (Å²) in [6, 6.07) is 4.88. The van der Waals surface area contributed by atoms with E-state index in [-0.39, 0.29) is 11.5 Å². The van der Waals surface area contributed by atoms with Gasteiger partial charge in [-0.15, -0.1) is 0 Å². The summed E-state index contributed by atoms with van der Waals surface area (Å²) in [6.07, 6.45) is 28.5. The molecule has 0 spiro atoms. The average Bonchev–Trinajstić information content (AvgIpc) is 2.69. The second-order valence-corrected chi connectivity index (χ2v) is 8.61. The van der Waals surface area contributed by atoms with E-state index < -0.39 is 0 Å². The number of unbranched alkanes of at least 4 members (excludes halogenated alkanes) is 15. The standard InChI is InChI=1S/C27H46O2/c1-2-3-4-5-6-7-8-9-10-11-12-13-14-15-16-17-18-19-20-21-25-22-26(28)24-27(29)23-25/h13-14,22-24,28-29H,2-12,15-21H2,1H3/b14-13-. The Bertz CT molecular complexity index is 501. The molecule has 0 saturated heterocycles. The summed E-state index contributed by atoms with van der Waals surface area (Å²) in [4.78, 5) is 0. The molecule has 2 nitrogen and oxygen atoms in total. The third kappa shape index (κ3) is 16.1. The molecule has 0 atom stereocenters. The Kier molecular flexibility index (Phi) is 16.4. The number of phenolic OH excluding ortho intramolecular Hbond substituents is 2. The van der Waals surface area contributed by atoms with Crippen LogP contribution in [0.5, 0.6) is 11.5 Å². The van der Waals surface area contributed by atoms with Crippen LogP contribution < -0.4 is 0 Å². The first kappa shape index (κ1) is 25.6. The highest BCUT2D eigenvalue weighted by Crippen LogP contribution is 2.22. The summed E-state index contributed by atoms with van der Waals surface area (Å²) in [7, 11) is 0. The number of hydrogen-bond donors (Lipinski definition) is 2. The number of aromatic hydroxyl groups is 2. The molecule has 0 saturated carbocycles. The van der Waals surface area contributed by atoms with Gasteiger partial charge in [0.2, 0.25) is 0 Å². The van der Waals surface area contributed by atoms with Gasteiger partial charge in [0.15, 0.2) is 0 Å². The van der Waals surface area contributed by atoms with E-state index in [1.165, 1.54) is 109 Å². The maximum Gasteiger partial charge on any atom is 0.119 e. The minimum atomic E-state index is 0.157. The Hall–Kier alpha value is -1.44. The second kappa shape index (κ2) is 18.6. The highest BCUT2D eigenvalue weighted by atomic mass is 16.3. The van der Waals surface area contributed by atoms with Crippen molar-refractivity contribution in [1.29, 1.82) is 0 Å². The molecule has 0 heterocycles. The maximum atomic E-state index is 9.49. The number of allylic oxidation sites excluding steroid dienone is 2. The van der Waals surface area contributed by atoms with Crippen molar-refractivity contribution in [3.05, 3.63) is 35.9 Å². The Morgan fingerprint density at radius 1 is 0.552 bits per heavy atom. The zero-order valence-electron chi connectivity index (χ0n) is 19.0. The fraction of sp³-hybridized carbons (Fsp3) is 0.704. The van der Waals surface area contributed by atoms with E-state index in [0.717, 1.165) is 18.4 Å². The zero-order valence-corrected chi connectivity index (χ0v) is 19.0. The molecular formula is C27H46O2. The van der Waals surface area contributed by atoms with Crippen molar-refractivity contribution in [3.8, 4) is 11.5 Å². The number of aryl methyl sites for hydroxylation is 1. The number of rotatable bonds is 19. The summed E-state index contributed by atoms with van der Waals surface area (Å²) in [5.74, 6) is 0.314. The van der Waals surface area contributed by atoms with Crippen LogP contribution in [0.1, 0.15) is 122 Å². The van der Waals surface area contributed by atoms with Crippen LogP contribution in [-0.2, 0) is 6.42 Å². The lowest BCUT2D eigenvalue weighted by Crippen LogP contribution is -1.86. The summed E-state index contributed by atoms with van der Waals surface area (Å²) < 4.78 is 0. The molecule has 0 amide bonds. The Morgan fingerprint density at radius 3 is 1.45 bits per heavy atom. The molecule has 166 valence electrons. The summed E-state index contributed by atoms with van der Waals surface area (Å²) in [5.41, 5.74) is 1.03. The monoisotopic (exact) mass is 402 g/mol. The summed E-state index contributed by atoms with van der Waals surface area (Å²) >= 11 is 0. The van der Waals surface area contributed by atoms with Crippen molar-refractivity contribution in [2.45, 2.75) is 122 Å². The molecule has 0 aromatic heterocycles. The van der Waals surface area contributed by atoms with E-state index in [1.807, 2.05) is 0 Å². The molecule has 2 heteroatoms. The van der Waals surface area contributed by atoms with Crippen LogP contribution in [0.2, 0.25) is 0 Å². The molecule has 0 radical (unpaired) electrons. The van der Waals surface area contributed by atoms with Crippen LogP contribution in [0, 0.1) is 0 Å². The van der Waals surface area contributed by atoms with Gasteiger partial charge in [-0.1, -0.05) is 96.1 Å². The molecule has 1 rings (SSSR count). The predicted molar refractivity (Wildman–Crippen MR) is 127 cm³/mol. The van der Waals surface area contributed by atoms with Crippen molar-refractivity contribution in [1.82, 2.24) is 0 Å². The highest BCUT2D eigenvalue weighted by Gasteiger charge is 1.99. The Labute approximate surface area is 180 Å². The van der Waals surface area contributed by atoms with Gasteiger partial charge < -0.3 is 10.2 Å². The lowest BCUT2D eigenvalue weighted by atomic mass is 10.0. The van der Waals surface area contributed by atoms with Gasteiger partial charge in [0.1, 0.15) is 11.5 Å². The Balaban J connectivity index is 1.80. The second-order valence-electron chi connectivity index (χ2n) is 8.61. The van der Waals surface area contributed by atoms with Crippen molar-refractivity contribution in [2.75, 3.05) is 0 Å².